The van der Waals surface area contributed by atoms with Gasteiger partial charge in [-0.25, -0.2) is 0 Å². The van der Waals surface area contributed by atoms with Gasteiger partial charge in [0.15, 0.2) is 5.75 Å². The number of ether oxygens (including phenoxy) is 1. The zero-order valence-corrected chi connectivity index (χ0v) is 23.5. The van der Waals surface area contributed by atoms with Crippen molar-refractivity contribution in [3.8, 4) is 5.75 Å². The number of carbonyl (C=O) groups is 3. The number of hydrogen-bond donors (Lipinski definition) is 5. The lowest BCUT2D eigenvalue weighted by Gasteiger charge is -2.33. The molecule has 2 aliphatic rings. The molecule has 9 heteroatoms. The Morgan fingerprint density at radius 2 is 1.89 bits per heavy atom. The van der Waals surface area contributed by atoms with Crippen LogP contribution in [0.5, 0.6) is 5.75 Å². The molecule has 1 aromatic carbocycles. The minimum atomic E-state index is -0.381. The minimum Gasteiger partial charge on any atom is -0.494 e. The predicted molar refractivity (Wildman–Crippen MR) is 152 cm³/mol. The molecule has 0 spiro atoms. The molecule has 1 aliphatic heterocycles. The van der Waals surface area contributed by atoms with Crippen LogP contribution in [0.4, 0.5) is 5.69 Å². The zero-order chi connectivity index (χ0) is 28.2. The van der Waals surface area contributed by atoms with E-state index < -0.39 is 0 Å². The molecule has 1 aromatic rings. The van der Waals surface area contributed by atoms with Gasteiger partial charge in [0.05, 0.1) is 29.6 Å². The van der Waals surface area contributed by atoms with Gasteiger partial charge >= 0.3 is 0 Å². The fourth-order valence-electron chi connectivity index (χ4n) is 3.83. The Hall–Kier alpha value is -3.59. The number of methoxy groups -OCH3 is 1. The smallest absolute Gasteiger partial charge is 0.255 e. The van der Waals surface area contributed by atoms with Crippen LogP contribution in [0, 0.1) is 11.8 Å². The molecular formula is C29H43N5O4. The maximum atomic E-state index is 13.1. The summed E-state index contributed by atoms with van der Waals surface area (Å²) in [6.45, 7) is 13.6. The predicted octanol–water partition coefficient (Wildman–Crippen LogP) is 3.48. The van der Waals surface area contributed by atoms with E-state index in [9.17, 15) is 14.4 Å². The van der Waals surface area contributed by atoms with Crippen molar-refractivity contribution in [2.45, 2.75) is 53.0 Å². The highest BCUT2D eigenvalue weighted by Crippen LogP contribution is 2.32. The van der Waals surface area contributed by atoms with E-state index in [4.69, 9.17) is 4.74 Å². The van der Waals surface area contributed by atoms with Crippen LogP contribution in [0.3, 0.4) is 0 Å². The molecule has 5 N–H and O–H groups in total. The highest BCUT2D eigenvalue weighted by Gasteiger charge is 2.30. The third kappa shape index (κ3) is 8.21. The van der Waals surface area contributed by atoms with Gasteiger partial charge < -0.3 is 31.3 Å². The second-order valence-electron chi connectivity index (χ2n) is 9.14. The van der Waals surface area contributed by atoms with Crippen LogP contribution >= 0.6 is 0 Å². The highest BCUT2D eigenvalue weighted by atomic mass is 16.5. The van der Waals surface area contributed by atoms with Gasteiger partial charge in [-0.15, -0.1) is 0 Å². The number of rotatable bonds is 12. The summed E-state index contributed by atoms with van der Waals surface area (Å²) < 4.78 is 5.63. The molecule has 0 aromatic heterocycles. The summed E-state index contributed by atoms with van der Waals surface area (Å²) in [6.07, 6.45) is 6.00. The van der Waals surface area contributed by atoms with Crippen LogP contribution in [0.1, 0.15) is 57.3 Å². The summed E-state index contributed by atoms with van der Waals surface area (Å²) in [5, 5.41) is 15.0. The summed E-state index contributed by atoms with van der Waals surface area (Å²) in [5.41, 5.74) is 1.97. The van der Waals surface area contributed by atoms with Gasteiger partial charge in [0, 0.05) is 43.7 Å². The third-order valence-corrected chi connectivity index (χ3v) is 6.38. The number of allylic oxidation sites excluding steroid dienone is 2. The van der Waals surface area contributed by atoms with Crippen LogP contribution in [-0.4, -0.2) is 51.0 Å². The number of para-hydroxylation sites is 1. The van der Waals surface area contributed by atoms with Crippen molar-refractivity contribution in [1.82, 2.24) is 21.3 Å². The van der Waals surface area contributed by atoms with Gasteiger partial charge in [-0.05, 0) is 44.4 Å². The number of benzene rings is 1. The Kier molecular flexibility index (Phi) is 12.1. The van der Waals surface area contributed by atoms with Crippen LogP contribution in [0.2, 0.25) is 0 Å². The lowest BCUT2D eigenvalue weighted by atomic mass is 9.95. The highest BCUT2D eigenvalue weighted by molar-refractivity contribution is 6.00. The van der Waals surface area contributed by atoms with Crippen molar-refractivity contribution in [2.75, 3.05) is 32.6 Å². The summed E-state index contributed by atoms with van der Waals surface area (Å²) in [7, 11) is 3.01. The SMILES string of the molecule is C=C(C(=O)NC)/C(=C\C(=C\CC)NC(=O)C1CC1)Nc1cccc(C(=O)NC(C)C2CNC2)c1OC.CC. The summed E-state index contributed by atoms with van der Waals surface area (Å²) in [5.74, 6) is 0.102. The molecule has 1 heterocycles. The van der Waals surface area contributed by atoms with Crippen LogP contribution in [0.15, 0.2) is 53.9 Å². The Morgan fingerprint density at radius 3 is 2.42 bits per heavy atom. The average Bonchev–Trinajstić information content (AvgIpc) is 3.73. The number of carbonyl (C=O) groups excluding carboxylic acids is 3. The van der Waals surface area contributed by atoms with Crippen molar-refractivity contribution in [2.24, 2.45) is 11.8 Å². The van der Waals surface area contributed by atoms with E-state index in [2.05, 4.69) is 33.2 Å². The molecule has 1 saturated carbocycles. The Labute approximate surface area is 226 Å². The zero-order valence-electron chi connectivity index (χ0n) is 23.5. The maximum Gasteiger partial charge on any atom is 0.255 e. The van der Waals surface area contributed by atoms with E-state index in [1.807, 2.05) is 33.8 Å². The van der Waals surface area contributed by atoms with E-state index in [1.165, 1.54) is 14.2 Å². The van der Waals surface area contributed by atoms with Gasteiger partial charge in [-0.1, -0.05) is 39.5 Å². The number of amides is 3. The van der Waals surface area contributed by atoms with Crippen molar-refractivity contribution in [1.29, 1.82) is 0 Å². The molecule has 3 amide bonds. The van der Waals surface area contributed by atoms with Crippen LogP contribution in [0.25, 0.3) is 0 Å². The van der Waals surface area contributed by atoms with Gasteiger partial charge in [0.25, 0.3) is 11.8 Å². The second-order valence-corrected chi connectivity index (χ2v) is 9.14. The van der Waals surface area contributed by atoms with Gasteiger partial charge in [0.1, 0.15) is 0 Å². The second kappa shape index (κ2) is 15.0. The van der Waals surface area contributed by atoms with Gasteiger partial charge in [0.2, 0.25) is 5.91 Å². The fraction of sp³-hybridized carbons (Fsp3) is 0.483. The molecule has 0 radical (unpaired) electrons. The molecule has 1 atom stereocenters. The fourth-order valence-corrected chi connectivity index (χ4v) is 3.83. The van der Waals surface area contributed by atoms with E-state index >= 15 is 0 Å². The number of anilines is 1. The summed E-state index contributed by atoms with van der Waals surface area (Å²) >= 11 is 0. The first-order valence-corrected chi connectivity index (χ1v) is 13.4. The first-order chi connectivity index (χ1) is 18.3. The number of hydrogen-bond acceptors (Lipinski definition) is 6. The minimum absolute atomic E-state index is 0.0142. The van der Waals surface area contributed by atoms with Gasteiger partial charge in [-0.2, -0.15) is 0 Å². The standard InChI is InChI=1S/C27H37N5O4.C2H6/c1-6-8-20(31-26(34)18-11-12-18)13-23(16(2)25(33)28-4)32-22-10-7-9-21(24(22)36-5)27(35)30-17(3)19-14-29-15-19;1-2/h7-10,13,17-19,29,32H,2,6,11-12,14-15H2,1,3-5H3,(H,28,33)(H,30,35)(H,31,34);1-2H3/b20-8-,23-13+;. The molecule has 2 fully saturated rings. The normalized spacial score (nSPS) is 16.2. The third-order valence-electron chi connectivity index (χ3n) is 6.38. The first kappa shape index (κ1) is 30.6. The number of likely N-dealkylation sites (N-methyl/N-ethyl adjacent to an activating group) is 1. The number of nitrogens with one attached hydrogen (secondary N) is 5. The van der Waals surface area contributed by atoms with Crippen LogP contribution in [-0.2, 0) is 9.59 Å². The van der Waals surface area contributed by atoms with E-state index in [1.54, 1.807) is 24.3 Å². The molecule has 3 rings (SSSR count). The molecular weight excluding hydrogens is 482 g/mol. The quantitative estimate of drug-likeness (QED) is 0.211. The van der Waals surface area contributed by atoms with E-state index in [-0.39, 0.29) is 35.3 Å². The van der Waals surface area contributed by atoms with E-state index in [0.717, 1.165) is 25.9 Å². The molecule has 1 saturated heterocycles. The topological polar surface area (TPSA) is 121 Å². The Balaban J connectivity index is 0.00000247. The average molecular weight is 526 g/mol. The van der Waals surface area contributed by atoms with Crippen LogP contribution < -0.4 is 31.3 Å². The maximum absolute atomic E-state index is 13.1. The molecule has 1 unspecified atom stereocenters. The van der Waals surface area contributed by atoms with Crippen molar-refractivity contribution in [3.05, 3.63) is 59.5 Å². The summed E-state index contributed by atoms with van der Waals surface area (Å²) in [6, 6.07) is 5.21. The lowest BCUT2D eigenvalue weighted by molar-refractivity contribution is -0.121. The lowest BCUT2D eigenvalue weighted by Crippen LogP contribution is -2.53. The van der Waals surface area contributed by atoms with Gasteiger partial charge in [-0.3, -0.25) is 14.4 Å². The Morgan fingerprint density at radius 1 is 1.21 bits per heavy atom. The Bertz CT molecular complexity index is 1070. The molecule has 208 valence electrons. The van der Waals surface area contributed by atoms with Crippen molar-refractivity contribution >= 4 is 23.4 Å². The molecule has 0 bridgehead atoms. The van der Waals surface area contributed by atoms with E-state index in [0.29, 0.717) is 40.7 Å². The first-order valence-electron chi connectivity index (χ1n) is 13.4. The molecule has 9 nitrogen and oxygen atoms in total. The molecule has 38 heavy (non-hydrogen) atoms. The summed E-state index contributed by atoms with van der Waals surface area (Å²) in [4.78, 5) is 37.9. The van der Waals surface area contributed by atoms with Crippen molar-refractivity contribution < 1.29 is 19.1 Å². The largest absolute Gasteiger partial charge is 0.494 e. The monoisotopic (exact) mass is 525 g/mol. The molecule has 1 aliphatic carbocycles. The van der Waals surface area contributed by atoms with Crippen molar-refractivity contribution in [3.63, 3.8) is 0 Å².